The Morgan fingerprint density at radius 2 is 2.30 bits per heavy atom. The summed E-state index contributed by atoms with van der Waals surface area (Å²) in [4.78, 5) is 4.29. The monoisotopic (exact) mass is 287 g/mol. The summed E-state index contributed by atoms with van der Waals surface area (Å²) < 4.78 is 5.86. The van der Waals surface area contributed by atoms with E-state index in [4.69, 9.17) is 4.74 Å². The van der Waals surface area contributed by atoms with Crippen LogP contribution in [-0.2, 0) is 6.42 Å². The van der Waals surface area contributed by atoms with Crippen molar-refractivity contribution in [1.82, 2.24) is 4.98 Å². The lowest BCUT2D eigenvalue weighted by atomic mass is 10.0. The van der Waals surface area contributed by atoms with Gasteiger partial charge in [0.05, 0.1) is 11.9 Å². The Morgan fingerprint density at radius 1 is 1.45 bits per heavy atom. The van der Waals surface area contributed by atoms with Crippen molar-refractivity contribution in [3.05, 3.63) is 40.4 Å². The van der Waals surface area contributed by atoms with Crippen molar-refractivity contribution in [3.8, 4) is 5.75 Å². The number of anilines is 1. The summed E-state index contributed by atoms with van der Waals surface area (Å²) in [6, 6.07) is 6.15. The fraction of sp³-hybridized carbons (Fsp3) is 0.333. The van der Waals surface area contributed by atoms with E-state index in [1.54, 1.807) is 11.3 Å². The highest BCUT2D eigenvalue weighted by atomic mass is 32.1. The molecule has 1 aliphatic heterocycles. The molecule has 0 bridgehead atoms. The molecule has 0 radical (unpaired) electrons. The molecule has 104 valence electrons. The molecular weight excluding hydrogens is 270 g/mol. The van der Waals surface area contributed by atoms with Gasteiger partial charge in [0.2, 0.25) is 5.13 Å². The zero-order chi connectivity index (χ0) is 14.2. The molecule has 0 unspecified atom stereocenters. The second-order valence-corrected chi connectivity index (χ2v) is 6.43. The summed E-state index contributed by atoms with van der Waals surface area (Å²) in [6.45, 7) is 6.17. The molecule has 0 aliphatic carbocycles. The van der Waals surface area contributed by atoms with Crippen molar-refractivity contribution < 1.29 is 4.74 Å². The molecule has 0 atom stereocenters. The van der Waals surface area contributed by atoms with Crippen LogP contribution in [0.15, 0.2) is 28.7 Å². The number of thiazole rings is 1. The predicted octanol–water partition coefficient (Wildman–Crippen LogP) is 3.61. The Morgan fingerprint density at radius 3 is 3.05 bits per heavy atom. The highest BCUT2D eigenvalue weighted by Crippen LogP contribution is 2.34. The van der Waals surface area contributed by atoms with Crippen molar-refractivity contribution in [2.75, 3.05) is 5.43 Å². The number of hydrogen-bond donors (Lipinski definition) is 1. The minimum atomic E-state index is -0.102. The first-order valence-electron chi connectivity index (χ1n) is 6.55. The molecule has 2 heterocycles. The molecule has 0 fully saturated rings. The van der Waals surface area contributed by atoms with Crippen LogP contribution in [0, 0.1) is 6.92 Å². The van der Waals surface area contributed by atoms with Crippen molar-refractivity contribution in [2.45, 2.75) is 32.8 Å². The zero-order valence-corrected chi connectivity index (χ0v) is 12.6. The average molecular weight is 287 g/mol. The summed E-state index contributed by atoms with van der Waals surface area (Å²) in [5.41, 5.74) is 6.15. The number of hydrogen-bond acceptors (Lipinski definition) is 5. The first kappa shape index (κ1) is 13.1. The van der Waals surface area contributed by atoms with Crippen molar-refractivity contribution in [1.29, 1.82) is 0 Å². The minimum absolute atomic E-state index is 0.102. The molecule has 1 aromatic heterocycles. The van der Waals surface area contributed by atoms with E-state index in [0.717, 1.165) is 28.6 Å². The molecule has 1 aromatic carbocycles. The summed E-state index contributed by atoms with van der Waals surface area (Å²) in [5.74, 6) is 0.982. The first-order chi connectivity index (χ1) is 9.52. The van der Waals surface area contributed by atoms with Gasteiger partial charge in [-0.15, -0.1) is 11.3 Å². The van der Waals surface area contributed by atoms with E-state index in [-0.39, 0.29) is 5.60 Å². The highest BCUT2D eigenvalue weighted by Gasteiger charge is 2.29. The van der Waals surface area contributed by atoms with Crippen molar-refractivity contribution in [2.24, 2.45) is 5.10 Å². The van der Waals surface area contributed by atoms with E-state index in [0.29, 0.717) is 0 Å². The molecule has 1 N–H and O–H groups in total. The van der Waals surface area contributed by atoms with Gasteiger partial charge in [0.1, 0.15) is 11.4 Å². The highest BCUT2D eigenvalue weighted by molar-refractivity contribution is 7.13. The van der Waals surface area contributed by atoms with Crippen LogP contribution in [0.4, 0.5) is 5.13 Å². The van der Waals surface area contributed by atoms with E-state index in [1.807, 2.05) is 30.7 Å². The van der Waals surface area contributed by atoms with Crippen LogP contribution in [0.25, 0.3) is 0 Å². The van der Waals surface area contributed by atoms with Gasteiger partial charge in [-0.25, -0.2) is 4.98 Å². The van der Waals surface area contributed by atoms with Crippen LogP contribution >= 0.6 is 11.3 Å². The molecule has 0 saturated carbocycles. The van der Waals surface area contributed by atoms with Crippen LogP contribution in [0.1, 0.15) is 30.7 Å². The van der Waals surface area contributed by atoms with E-state index >= 15 is 0 Å². The van der Waals surface area contributed by atoms with Gasteiger partial charge in [0, 0.05) is 11.8 Å². The van der Waals surface area contributed by atoms with Crippen molar-refractivity contribution in [3.63, 3.8) is 0 Å². The zero-order valence-electron chi connectivity index (χ0n) is 11.8. The Bertz CT molecular complexity index is 661. The molecule has 3 rings (SSSR count). The van der Waals surface area contributed by atoms with Crippen molar-refractivity contribution >= 4 is 22.7 Å². The maximum absolute atomic E-state index is 5.86. The Kier molecular flexibility index (Phi) is 3.22. The second-order valence-electron chi connectivity index (χ2n) is 5.57. The lowest BCUT2D eigenvalue weighted by Crippen LogP contribution is -2.24. The molecule has 1 aliphatic rings. The van der Waals surface area contributed by atoms with Gasteiger partial charge in [-0.2, -0.15) is 5.10 Å². The Balaban J connectivity index is 1.70. The number of rotatable bonds is 3. The van der Waals surface area contributed by atoms with Crippen LogP contribution in [0.3, 0.4) is 0 Å². The lowest BCUT2D eigenvalue weighted by molar-refractivity contribution is 0.138. The van der Waals surface area contributed by atoms with Gasteiger partial charge in [-0.3, -0.25) is 5.43 Å². The van der Waals surface area contributed by atoms with E-state index < -0.39 is 0 Å². The van der Waals surface area contributed by atoms with Crippen LogP contribution < -0.4 is 10.2 Å². The van der Waals surface area contributed by atoms with E-state index in [2.05, 4.69) is 35.4 Å². The van der Waals surface area contributed by atoms with E-state index in [1.165, 1.54) is 5.56 Å². The lowest BCUT2D eigenvalue weighted by Gasteiger charge is -2.16. The van der Waals surface area contributed by atoms with Gasteiger partial charge in [-0.1, -0.05) is 0 Å². The maximum atomic E-state index is 5.86. The predicted molar refractivity (Wildman–Crippen MR) is 82.9 cm³/mol. The molecule has 0 spiro atoms. The molecule has 0 amide bonds. The largest absolute Gasteiger partial charge is 0.487 e. The smallest absolute Gasteiger partial charge is 0.203 e. The molecule has 20 heavy (non-hydrogen) atoms. The van der Waals surface area contributed by atoms with E-state index in [9.17, 15) is 0 Å². The number of ether oxygens (including phenoxy) is 1. The summed E-state index contributed by atoms with van der Waals surface area (Å²) >= 11 is 1.55. The fourth-order valence-electron chi connectivity index (χ4n) is 2.28. The number of aryl methyl sites for hydroxylation is 1. The number of benzene rings is 1. The third-order valence-electron chi connectivity index (χ3n) is 3.08. The quantitative estimate of drug-likeness (QED) is 0.693. The minimum Gasteiger partial charge on any atom is -0.487 e. The normalized spacial score (nSPS) is 16.1. The summed E-state index contributed by atoms with van der Waals surface area (Å²) in [5, 5.41) is 7.02. The Labute approximate surface area is 122 Å². The molecule has 4 nitrogen and oxygen atoms in total. The van der Waals surface area contributed by atoms with Gasteiger partial charge < -0.3 is 4.74 Å². The van der Waals surface area contributed by atoms with Gasteiger partial charge in [-0.05, 0) is 50.1 Å². The van der Waals surface area contributed by atoms with Gasteiger partial charge >= 0.3 is 0 Å². The third kappa shape index (κ3) is 2.82. The molecule has 2 aromatic rings. The van der Waals surface area contributed by atoms with Gasteiger partial charge in [0.15, 0.2) is 0 Å². The molecule has 5 heteroatoms. The molecule has 0 saturated heterocycles. The third-order valence-corrected chi connectivity index (χ3v) is 3.94. The Hall–Kier alpha value is -1.88. The average Bonchev–Trinajstić information content (AvgIpc) is 2.90. The van der Waals surface area contributed by atoms with Crippen LogP contribution in [0.2, 0.25) is 0 Å². The number of nitrogens with zero attached hydrogens (tertiary/aromatic N) is 2. The summed E-state index contributed by atoms with van der Waals surface area (Å²) in [6.07, 6.45) is 2.74. The van der Waals surface area contributed by atoms with Crippen LogP contribution in [-0.4, -0.2) is 16.8 Å². The second kappa shape index (κ2) is 4.90. The van der Waals surface area contributed by atoms with Gasteiger partial charge in [0.25, 0.3) is 0 Å². The summed E-state index contributed by atoms with van der Waals surface area (Å²) in [7, 11) is 0. The number of hydrazone groups is 1. The first-order valence-corrected chi connectivity index (χ1v) is 7.43. The topological polar surface area (TPSA) is 46.5 Å². The number of nitrogens with one attached hydrogen (secondary N) is 1. The van der Waals surface area contributed by atoms with Crippen LogP contribution in [0.5, 0.6) is 5.75 Å². The number of aromatic nitrogens is 1. The molecular formula is C15H17N3OS. The standard InChI is InChI=1S/C15H17N3OS/c1-10-9-20-14(17-10)18-16-8-11-4-5-13-12(6-11)7-15(2,3)19-13/h4-6,8-9H,7H2,1-3H3,(H,17,18). The maximum Gasteiger partial charge on any atom is 0.203 e. The SMILES string of the molecule is Cc1csc(NN=Cc2ccc3c(c2)CC(C)(C)O3)n1. The number of fused-ring (bicyclic) bond motifs is 1. The fourth-order valence-corrected chi connectivity index (χ4v) is 2.91.